The van der Waals surface area contributed by atoms with Gasteiger partial charge in [-0.3, -0.25) is 9.20 Å². The molecule has 0 fully saturated rings. The van der Waals surface area contributed by atoms with Gasteiger partial charge in [0.2, 0.25) is 0 Å². The van der Waals surface area contributed by atoms with E-state index < -0.39 is 0 Å². The topological polar surface area (TPSA) is 64.2 Å². The van der Waals surface area contributed by atoms with Gasteiger partial charge in [-0.1, -0.05) is 6.92 Å². The quantitative estimate of drug-likeness (QED) is 0.805. The monoisotopic (exact) mass is 303 g/mol. The molecule has 6 nitrogen and oxygen atoms in total. The zero-order valence-electron chi connectivity index (χ0n) is 12.2. The van der Waals surface area contributed by atoms with Crippen molar-refractivity contribution in [2.24, 2.45) is 0 Å². The number of amides is 1. The van der Waals surface area contributed by atoms with Crippen LogP contribution >= 0.6 is 11.3 Å². The Bertz CT molecular complexity index is 784. The van der Waals surface area contributed by atoms with Crippen molar-refractivity contribution >= 4 is 28.0 Å². The van der Waals surface area contributed by atoms with Crippen molar-refractivity contribution in [2.45, 2.75) is 33.2 Å². The van der Waals surface area contributed by atoms with Crippen LogP contribution in [0.3, 0.4) is 0 Å². The fourth-order valence-electron chi connectivity index (χ4n) is 2.18. The Morgan fingerprint density at radius 2 is 2.33 bits per heavy atom. The highest BCUT2D eigenvalue weighted by atomic mass is 32.1. The SMILES string of the molecule is CCC(C)n1nccc1NC(=O)c1csc2nc(C)cn12. The number of anilines is 1. The molecule has 0 aliphatic carbocycles. The van der Waals surface area contributed by atoms with Crippen LogP contribution < -0.4 is 5.32 Å². The molecule has 0 radical (unpaired) electrons. The Morgan fingerprint density at radius 3 is 3.10 bits per heavy atom. The minimum absolute atomic E-state index is 0.149. The minimum atomic E-state index is -0.149. The molecule has 1 atom stereocenters. The van der Waals surface area contributed by atoms with E-state index in [1.807, 2.05) is 33.6 Å². The Kier molecular flexibility index (Phi) is 3.50. The fraction of sp³-hybridized carbons (Fsp3) is 0.357. The number of carbonyl (C=O) groups is 1. The van der Waals surface area contributed by atoms with Crippen LogP contribution in [0.4, 0.5) is 5.82 Å². The number of hydrogen-bond donors (Lipinski definition) is 1. The molecule has 21 heavy (non-hydrogen) atoms. The van der Waals surface area contributed by atoms with Gasteiger partial charge in [-0.15, -0.1) is 11.3 Å². The zero-order valence-corrected chi connectivity index (χ0v) is 13.0. The summed E-state index contributed by atoms with van der Waals surface area (Å²) in [4.78, 5) is 17.6. The van der Waals surface area contributed by atoms with Crippen molar-refractivity contribution in [3.05, 3.63) is 35.2 Å². The van der Waals surface area contributed by atoms with Crippen LogP contribution in [0, 0.1) is 6.92 Å². The van der Waals surface area contributed by atoms with Crippen molar-refractivity contribution in [3.63, 3.8) is 0 Å². The van der Waals surface area contributed by atoms with E-state index in [0.29, 0.717) is 11.5 Å². The van der Waals surface area contributed by atoms with Crippen molar-refractivity contribution in [1.29, 1.82) is 0 Å². The van der Waals surface area contributed by atoms with Gasteiger partial charge in [0.1, 0.15) is 11.5 Å². The summed E-state index contributed by atoms with van der Waals surface area (Å²) in [7, 11) is 0. The van der Waals surface area contributed by atoms with Gasteiger partial charge in [-0.05, 0) is 20.3 Å². The highest BCUT2D eigenvalue weighted by molar-refractivity contribution is 7.15. The number of carbonyl (C=O) groups excluding carboxylic acids is 1. The first-order chi connectivity index (χ1) is 10.1. The van der Waals surface area contributed by atoms with E-state index in [2.05, 4.69) is 29.2 Å². The van der Waals surface area contributed by atoms with E-state index in [0.717, 1.165) is 17.1 Å². The van der Waals surface area contributed by atoms with Crippen molar-refractivity contribution in [3.8, 4) is 0 Å². The van der Waals surface area contributed by atoms with E-state index in [1.54, 1.807) is 6.20 Å². The third kappa shape index (κ3) is 2.44. The molecule has 1 N–H and O–H groups in total. The summed E-state index contributed by atoms with van der Waals surface area (Å²) < 4.78 is 3.65. The summed E-state index contributed by atoms with van der Waals surface area (Å²) in [6.07, 6.45) is 4.52. The molecule has 3 aromatic rings. The van der Waals surface area contributed by atoms with Crippen LogP contribution in [-0.4, -0.2) is 25.1 Å². The van der Waals surface area contributed by atoms with Crippen LogP contribution in [0.5, 0.6) is 0 Å². The Hall–Kier alpha value is -2.15. The maximum Gasteiger partial charge on any atom is 0.274 e. The number of rotatable bonds is 4. The Balaban J connectivity index is 1.88. The molecular weight excluding hydrogens is 286 g/mol. The van der Waals surface area contributed by atoms with Crippen LogP contribution in [0.15, 0.2) is 23.8 Å². The molecular formula is C14H17N5OS. The van der Waals surface area contributed by atoms with Gasteiger partial charge in [0, 0.05) is 17.6 Å². The van der Waals surface area contributed by atoms with E-state index in [1.165, 1.54) is 11.3 Å². The highest BCUT2D eigenvalue weighted by Crippen LogP contribution is 2.20. The number of nitrogens with one attached hydrogen (secondary N) is 1. The maximum atomic E-state index is 12.5. The van der Waals surface area contributed by atoms with E-state index in [9.17, 15) is 4.79 Å². The van der Waals surface area contributed by atoms with Crippen LogP contribution in [0.1, 0.15) is 42.5 Å². The van der Waals surface area contributed by atoms with Gasteiger partial charge in [0.05, 0.1) is 17.9 Å². The predicted molar refractivity (Wildman–Crippen MR) is 83.0 cm³/mol. The molecule has 7 heteroatoms. The van der Waals surface area contributed by atoms with Crippen molar-refractivity contribution < 1.29 is 4.79 Å². The number of imidazole rings is 1. The van der Waals surface area contributed by atoms with Gasteiger partial charge in [-0.2, -0.15) is 5.10 Å². The normalized spacial score (nSPS) is 12.7. The first-order valence-electron chi connectivity index (χ1n) is 6.88. The standard InChI is InChI=1S/C14H17N5OS/c1-4-10(3)19-12(5-6-15-19)17-13(20)11-8-21-14-16-9(2)7-18(11)14/h5-8,10H,4H2,1-3H3,(H,17,20). The van der Waals surface area contributed by atoms with Gasteiger partial charge in [0.25, 0.3) is 5.91 Å². The second kappa shape index (κ2) is 5.33. The molecule has 0 aliphatic heterocycles. The molecule has 0 aromatic carbocycles. The van der Waals surface area contributed by atoms with Crippen molar-refractivity contribution in [1.82, 2.24) is 19.2 Å². The fourth-order valence-corrected chi connectivity index (χ4v) is 3.08. The third-order valence-corrected chi connectivity index (χ3v) is 4.32. The second-order valence-electron chi connectivity index (χ2n) is 5.03. The van der Waals surface area contributed by atoms with Gasteiger partial charge in [0.15, 0.2) is 4.96 Å². The third-order valence-electron chi connectivity index (χ3n) is 3.48. The molecule has 3 rings (SSSR count). The van der Waals surface area contributed by atoms with Crippen LogP contribution in [0.25, 0.3) is 4.96 Å². The first kappa shape index (κ1) is 13.8. The number of aryl methyl sites for hydroxylation is 1. The second-order valence-corrected chi connectivity index (χ2v) is 5.86. The number of aromatic nitrogens is 4. The lowest BCUT2D eigenvalue weighted by Crippen LogP contribution is -2.18. The summed E-state index contributed by atoms with van der Waals surface area (Å²) in [5, 5.41) is 9.02. The largest absolute Gasteiger partial charge is 0.305 e. The van der Waals surface area contributed by atoms with E-state index in [4.69, 9.17) is 0 Å². The lowest BCUT2D eigenvalue weighted by Gasteiger charge is -2.13. The number of hydrogen-bond acceptors (Lipinski definition) is 4. The van der Waals surface area contributed by atoms with Crippen molar-refractivity contribution in [2.75, 3.05) is 5.32 Å². The molecule has 110 valence electrons. The molecule has 0 aliphatic rings. The average Bonchev–Trinajstić information content (AvgIpc) is 3.12. The summed E-state index contributed by atoms with van der Waals surface area (Å²) in [5.74, 6) is 0.564. The minimum Gasteiger partial charge on any atom is -0.305 e. The molecule has 3 heterocycles. The van der Waals surface area contributed by atoms with Gasteiger partial charge in [-0.25, -0.2) is 9.67 Å². The van der Waals surface area contributed by atoms with E-state index in [-0.39, 0.29) is 11.9 Å². The van der Waals surface area contributed by atoms with Crippen LogP contribution in [-0.2, 0) is 0 Å². The molecule has 0 saturated carbocycles. The molecule has 1 amide bonds. The number of thiazole rings is 1. The smallest absolute Gasteiger partial charge is 0.274 e. The summed E-state index contributed by atoms with van der Waals surface area (Å²) in [6.45, 7) is 6.08. The number of fused-ring (bicyclic) bond motifs is 1. The first-order valence-corrected chi connectivity index (χ1v) is 7.76. The molecule has 0 spiro atoms. The Labute approximate surface area is 126 Å². The molecule has 3 aromatic heterocycles. The zero-order chi connectivity index (χ0) is 15.0. The van der Waals surface area contributed by atoms with Gasteiger partial charge >= 0.3 is 0 Å². The average molecular weight is 303 g/mol. The van der Waals surface area contributed by atoms with Gasteiger partial charge < -0.3 is 5.32 Å². The Morgan fingerprint density at radius 1 is 1.52 bits per heavy atom. The van der Waals surface area contributed by atoms with Crippen LogP contribution in [0.2, 0.25) is 0 Å². The molecule has 0 bridgehead atoms. The lowest BCUT2D eigenvalue weighted by atomic mass is 10.3. The lowest BCUT2D eigenvalue weighted by molar-refractivity contribution is 0.102. The molecule has 0 saturated heterocycles. The summed E-state index contributed by atoms with van der Waals surface area (Å²) >= 11 is 1.46. The maximum absolute atomic E-state index is 12.5. The molecule has 1 unspecified atom stereocenters. The van der Waals surface area contributed by atoms with E-state index >= 15 is 0 Å². The highest BCUT2D eigenvalue weighted by Gasteiger charge is 2.16. The number of nitrogens with zero attached hydrogens (tertiary/aromatic N) is 4. The predicted octanol–water partition coefficient (Wildman–Crippen LogP) is 3.12. The summed E-state index contributed by atoms with van der Waals surface area (Å²) in [5.41, 5.74) is 1.49. The summed E-state index contributed by atoms with van der Waals surface area (Å²) in [6, 6.07) is 2.06.